The number of thioether (sulfide) groups is 2. The number of hydrogen-bond acceptors (Lipinski definition) is 7. The van der Waals surface area contributed by atoms with E-state index in [2.05, 4.69) is 24.2 Å². The number of carbonyl (C=O) groups is 4. The minimum Gasteiger partial charge on any atom is -0.548 e. The van der Waals surface area contributed by atoms with E-state index in [0.717, 1.165) is 23.5 Å². The summed E-state index contributed by atoms with van der Waals surface area (Å²) in [5, 5.41) is 13.1. The third-order valence-electron chi connectivity index (χ3n) is 3.01. The van der Waals surface area contributed by atoms with Crippen LogP contribution >= 0.6 is 23.5 Å². The lowest BCUT2D eigenvalue weighted by Crippen LogP contribution is -2.69. The fourth-order valence-corrected chi connectivity index (χ4v) is 3.10. The number of amides is 1. The summed E-state index contributed by atoms with van der Waals surface area (Å²) < 4.78 is 0. The highest BCUT2D eigenvalue weighted by atomic mass is 32.2. The largest absolute Gasteiger partial charge is 0.548 e. The molecule has 0 heterocycles. The van der Waals surface area contributed by atoms with Crippen LogP contribution in [0.1, 0.15) is 26.7 Å². The number of rotatable bonds is 11. The zero-order valence-electron chi connectivity index (χ0n) is 14.5. The van der Waals surface area contributed by atoms with Gasteiger partial charge in [0.2, 0.25) is 10.2 Å². The molecule has 0 aromatic heterocycles. The van der Waals surface area contributed by atoms with Crippen LogP contribution in [0.5, 0.6) is 0 Å². The van der Waals surface area contributed by atoms with Gasteiger partial charge in [0, 0.05) is 17.9 Å². The zero-order chi connectivity index (χ0) is 19.6. The van der Waals surface area contributed by atoms with Gasteiger partial charge in [-0.05, 0) is 31.4 Å². The summed E-state index contributed by atoms with van der Waals surface area (Å²) >= 11 is 1.98. The zero-order valence-corrected chi connectivity index (χ0v) is 16.1. The van der Waals surface area contributed by atoms with Crippen LogP contribution in [-0.2, 0) is 19.2 Å². The monoisotopic (exact) mass is 388 g/mol. The average Bonchev–Trinajstić information content (AvgIpc) is 2.52. The number of carboxylic acid groups (broad SMARTS) is 1. The number of quaternary nitrogens is 1. The summed E-state index contributed by atoms with van der Waals surface area (Å²) in [5.41, 5.74) is 4.48. The number of hydrogen-bond donors (Lipinski definition) is 2. The van der Waals surface area contributed by atoms with Gasteiger partial charge < -0.3 is 21.0 Å². The molecule has 0 aromatic carbocycles. The quantitative estimate of drug-likeness (QED) is 0.447. The predicted molar refractivity (Wildman–Crippen MR) is 97.4 cm³/mol. The number of carboxylic acids is 1. The first kappa shape index (κ1) is 23.4. The van der Waals surface area contributed by atoms with E-state index in [1.54, 1.807) is 13.8 Å². The molecule has 0 spiro atoms. The molecule has 0 aliphatic carbocycles. The van der Waals surface area contributed by atoms with Crippen LogP contribution < -0.4 is 16.2 Å². The minimum atomic E-state index is -1.42. The summed E-state index contributed by atoms with van der Waals surface area (Å²) in [4.78, 5) is 46.0. The van der Waals surface area contributed by atoms with E-state index in [4.69, 9.17) is 0 Å². The lowest BCUT2D eigenvalue weighted by Gasteiger charge is -2.20. The number of nitrogens with one attached hydrogen (secondary N) is 1. The molecule has 7 nitrogen and oxygen atoms in total. The lowest BCUT2D eigenvalue weighted by molar-refractivity contribution is -0.404. The average molecular weight is 389 g/mol. The van der Waals surface area contributed by atoms with Gasteiger partial charge in [-0.15, -0.1) is 0 Å². The Labute approximate surface area is 155 Å². The summed E-state index contributed by atoms with van der Waals surface area (Å²) in [7, 11) is 0. The molecule has 4 N–H and O–H groups in total. The van der Waals surface area contributed by atoms with Crippen molar-refractivity contribution in [3.8, 4) is 0 Å². The second kappa shape index (κ2) is 11.9. The fourth-order valence-electron chi connectivity index (χ4n) is 1.48. The molecule has 0 aromatic rings. The van der Waals surface area contributed by atoms with Crippen LogP contribution in [0.4, 0.5) is 0 Å². The Morgan fingerprint density at radius 3 is 1.84 bits per heavy atom. The van der Waals surface area contributed by atoms with E-state index in [-0.39, 0.29) is 22.4 Å². The van der Waals surface area contributed by atoms with E-state index < -0.39 is 24.0 Å². The van der Waals surface area contributed by atoms with Crippen molar-refractivity contribution in [3.63, 3.8) is 0 Å². The van der Waals surface area contributed by atoms with Crippen LogP contribution in [0.15, 0.2) is 24.3 Å². The molecule has 0 bridgehead atoms. The normalized spacial score (nSPS) is 12.8. The summed E-state index contributed by atoms with van der Waals surface area (Å²) in [6, 6.07) is -1.90. The van der Waals surface area contributed by atoms with Crippen molar-refractivity contribution in [1.29, 1.82) is 0 Å². The molecule has 0 saturated carbocycles. The molecule has 0 aliphatic heterocycles. The minimum absolute atomic E-state index is 0.0490. The molecule has 0 saturated heterocycles. The molecule has 0 fully saturated rings. The number of aliphatic carboxylic acids is 1. The van der Waals surface area contributed by atoms with Crippen molar-refractivity contribution in [2.45, 2.75) is 38.8 Å². The van der Waals surface area contributed by atoms with Crippen LogP contribution in [-0.4, -0.2) is 45.7 Å². The van der Waals surface area contributed by atoms with Crippen molar-refractivity contribution in [3.05, 3.63) is 24.3 Å². The maximum atomic E-state index is 12.0. The first-order valence-electron chi connectivity index (χ1n) is 7.55. The summed E-state index contributed by atoms with van der Waals surface area (Å²) in [6.07, 6.45) is 0.367. The van der Waals surface area contributed by atoms with Crippen LogP contribution in [0, 0.1) is 0 Å². The second-order valence-corrected chi connectivity index (χ2v) is 7.62. The molecule has 25 heavy (non-hydrogen) atoms. The maximum absolute atomic E-state index is 12.0. The lowest BCUT2D eigenvalue weighted by atomic mass is 10.2. The molecule has 0 radical (unpaired) electrons. The maximum Gasteiger partial charge on any atom is 0.278 e. The topological polar surface area (TPSA) is 131 Å². The second-order valence-electron chi connectivity index (χ2n) is 5.49. The number of carbonyl (C=O) groups excluding carboxylic acids is 4. The highest BCUT2D eigenvalue weighted by molar-refractivity contribution is 8.14. The van der Waals surface area contributed by atoms with Gasteiger partial charge in [-0.2, -0.15) is 0 Å². The highest BCUT2D eigenvalue weighted by Gasteiger charge is 2.22. The molecule has 2 atom stereocenters. The Balaban J connectivity index is 4.36. The van der Waals surface area contributed by atoms with Gasteiger partial charge in [0.05, 0.1) is 12.0 Å². The van der Waals surface area contributed by atoms with Gasteiger partial charge in [0.1, 0.15) is 0 Å². The van der Waals surface area contributed by atoms with Crippen LogP contribution in [0.2, 0.25) is 0 Å². The standard InChI is InChI=1S/C16H24N2O5S2/c1-9(2)15(22)24-7-5-11(17)13(19)18-12(14(20)21)6-8-25-16(23)10(3)4/h11-12H,1,3,5-8,17H2,2,4H3,(H,18,19)(H,20,21)/t11-,12-/m0/s1. The van der Waals surface area contributed by atoms with Gasteiger partial charge in [-0.1, -0.05) is 36.7 Å². The van der Waals surface area contributed by atoms with Crippen molar-refractivity contribution in [1.82, 2.24) is 5.32 Å². The highest BCUT2D eigenvalue weighted by Crippen LogP contribution is 2.12. The predicted octanol–water partition coefficient (Wildman–Crippen LogP) is -0.716. The molecular formula is C16H24N2O5S2. The molecule has 140 valence electrons. The summed E-state index contributed by atoms with van der Waals surface area (Å²) in [5.74, 6) is -1.36. The third kappa shape index (κ3) is 10.1. The molecule has 0 unspecified atom stereocenters. The molecule has 0 rings (SSSR count). The molecule has 9 heteroatoms. The Kier molecular flexibility index (Phi) is 11.1. The van der Waals surface area contributed by atoms with E-state index in [0.29, 0.717) is 23.3 Å². The first-order chi connectivity index (χ1) is 11.6. The molecule has 1 amide bonds. The van der Waals surface area contributed by atoms with Crippen molar-refractivity contribution in [2.24, 2.45) is 0 Å². The van der Waals surface area contributed by atoms with E-state index >= 15 is 0 Å². The molecular weight excluding hydrogens is 364 g/mol. The smallest absolute Gasteiger partial charge is 0.278 e. The van der Waals surface area contributed by atoms with Crippen molar-refractivity contribution in [2.75, 3.05) is 11.5 Å². The van der Waals surface area contributed by atoms with E-state index in [1.165, 1.54) is 0 Å². The van der Waals surface area contributed by atoms with Gasteiger partial charge in [-0.3, -0.25) is 14.4 Å². The van der Waals surface area contributed by atoms with Crippen LogP contribution in [0.25, 0.3) is 0 Å². The van der Waals surface area contributed by atoms with Crippen LogP contribution in [0.3, 0.4) is 0 Å². The SMILES string of the molecule is C=C(C)C(=O)SCC[C@H](NC(=O)[C@@H]([NH3+])CCSC(=O)C(=C)C)C(=O)[O-]. The fraction of sp³-hybridized carbons (Fsp3) is 0.500. The summed E-state index contributed by atoms with van der Waals surface area (Å²) in [6.45, 7) is 10.2. The van der Waals surface area contributed by atoms with E-state index in [1.807, 2.05) is 0 Å². The van der Waals surface area contributed by atoms with Gasteiger partial charge >= 0.3 is 0 Å². The van der Waals surface area contributed by atoms with Gasteiger partial charge in [0.15, 0.2) is 6.04 Å². The Morgan fingerprint density at radius 1 is 1.00 bits per heavy atom. The first-order valence-corrected chi connectivity index (χ1v) is 9.53. The Bertz CT molecular complexity index is 563. The van der Waals surface area contributed by atoms with Crippen molar-refractivity contribution >= 4 is 45.6 Å². The Hall–Kier alpha value is -1.58. The van der Waals surface area contributed by atoms with E-state index in [9.17, 15) is 24.3 Å². The van der Waals surface area contributed by atoms with Gasteiger partial charge in [-0.25, -0.2) is 0 Å². The van der Waals surface area contributed by atoms with Crippen molar-refractivity contribution < 1.29 is 30.0 Å². The third-order valence-corrected chi connectivity index (χ3v) is 5.11. The Morgan fingerprint density at radius 2 is 1.44 bits per heavy atom. The van der Waals surface area contributed by atoms with Gasteiger partial charge in [0.25, 0.3) is 5.91 Å². The molecule has 0 aliphatic rings.